The summed E-state index contributed by atoms with van der Waals surface area (Å²) in [4.78, 5) is 5.04. The Morgan fingerprint density at radius 2 is 2.22 bits per heavy atom. The third kappa shape index (κ3) is 3.46. The van der Waals surface area contributed by atoms with Crippen molar-refractivity contribution in [2.45, 2.75) is 13.0 Å². The van der Waals surface area contributed by atoms with Crippen molar-refractivity contribution in [3.63, 3.8) is 0 Å². The second kappa shape index (κ2) is 6.55. The Bertz CT molecular complexity index is 383. The van der Waals surface area contributed by atoms with Crippen LogP contribution in [0, 0.1) is 0 Å². The maximum Gasteiger partial charge on any atom is 0.0378 e. The molecule has 1 N–H and O–H groups in total. The van der Waals surface area contributed by atoms with Crippen LogP contribution < -0.4 is 10.2 Å². The molecule has 0 saturated carbocycles. The number of nitrogens with one attached hydrogen (secondary N) is 1. The van der Waals surface area contributed by atoms with Crippen molar-refractivity contribution in [1.29, 1.82) is 0 Å². The summed E-state index contributed by atoms with van der Waals surface area (Å²) < 4.78 is 1.16. The molecule has 18 heavy (non-hydrogen) atoms. The third-order valence-corrected chi connectivity index (χ3v) is 4.08. The van der Waals surface area contributed by atoms with Crippen molar-refractivity contribution in [3.8, 4) is 0 Å². The summed E-state index contributed by atoms with van der Waals surface area (Å²) in [5.74, 6) is 0. The molecular formula is C14H22BrN3. The van der Waals surface area contributed by atoms with E-state index in [-0.39, 0.29) is 0 Å². The number of benzene rings is 1. The highest BCUT2D eigenvalue weighted by molar-refractivity contribution is 9.10. The zero-order valence-corrected chi connectivity index (χ0v) is 12.8. The van der Waals surface area contributed by atoms with Crippen LogP contribution in [0.2, 0.25) is 0 Å². The fourth-order valence-electron chi connectivity index (χ4n) is 2.49. The van der Waals surface area contributed by atoms with Crippen LogP contribution in [0.4, 0.5) is 5.69 Å². The molecule has 100 valence electrons. The minimum atomic E-state index is 0.617. The lowest BCUT2D eigenvalue weighted by Gasteiger charge is -2.41. The molecule has 0 aliphatic carbocycles. The Balaban J connectivity index is 1.95. The van der Waals surface area contributed by atoms with E-state index in [0.29, 0.717) is 6.04 Å². The molecule has 0 radical (unpaired) electrons. The van der Waals surface area contributed by atoms with Crippen LogP contribution in [0.25, 0.3) is 0 Å². The second-order valence-electron chi connectivity index (χ2n) is 4.91. The first-order chi connectivity index (χ1) is 8.70. The summed E-state index contributed by atoms with van der Waals surface area (Å²) in [6, 6.07) is 9.20. The monoisotopic (exact) mass is 311 g/mol. The molecular weight excluding hydrogens is 290 g/mol. The van der Waals surface area contributed by atoms with Crippen molar-refractivity contribution in [3.05, 3.63) is 28.7 Å². The van der Waals surface area contributed by atoms with E-state index in [4.69, 9.17) is 0 Å². The molecule has 3 nitrogen and oxygen atoms in total. The van der Waals surface area contributed by atoms with Gasteiger partial charge in [0.1, 0.15) is 0 Å². The molecule has 1 aromatic rings. The van der Waals surface area contributed by atoms with Gasteiger partial charge in [0, 0.05) is 48.9 Å². The summed E-state index contributed by atoms with van der Waals surface area (Å²) in [7, 11) is 2.02. The van der Waals surface area contributed by atoms with Gasteiger partial charge in [-0.05, 0) is 32.2 Å². The van der Waals surface area contributed by atoms with E-state index < -0.39 is 0 Å². The Morgan fingerprint density at radius 1 is 1.39 bits per heavy atom. The maximum absolute atomic E-state index is 3.54. The van der Waals surface area contributed by atoms with Crippen LogP contribution in [0.3, 0.4) is 0 Å². The van der Waals surface area contributed by atoms with Crippen LogP contribution in [-0.4, -0.2) is 50.7 Å². The van der Waals surface area contributed by atoms with Crippen LogP contribution in [0.1, 0.15) is 6.92 Å². The van der Waals surface area contributed by atoms with Crippen LogP contribution in [-0.2, 0) is 0 Å². The molecule has 0 amide bonds. The van der Waals surface area contributed by atoms with Gasteiger partial charge in [-0.25, -0.2) is 0 Å². The molecule has 1 atom stereocenters. The van der Waals surface area contributed by atoms with Gasteiger partial charge in [0.2, 0.25) is 0 Å². The molecule has 2 rings (SSSR count). The number of likely N-dealkylation sites (N-methyl/N-ethyl adjacent to an activating group) is 1. The highest BCUT2D eigenvalue weighted by atomic mass is 79.9. The van der Waals surface area contributed by atoms with E-state index in [1.54, 1.807) is 0 Å². The number of anilines is 1. The van der Waals surface area contributed by atoms with E-state index in [2.05, 4.69) is 62.2 Å². The van der Waals surface area contributed by atoms with Crippen molar-refractivity contribution in [2.75, 3.05) is 44.7 Å². The molecule has 1 heterocycles. The van der Waals surface area contributed by atoms with Gasteiger partial charge < -0.3 is 10.2 Å². The average molecular weight is 312 g/mol. The molecule has 1 unspecified atom stereocenters. The normalized spacial score (nSPS) is 21.3. The lowest BCUT2D eigenvalue weighted by Crippen LogP contribution is -2.53. The third-order valence-electron chi connectivity index (χ3n) is 3.59. The quantitative estimate of drug-likeness (QED) is 0.919. The second-order valence-corrected chi connectivity index (χ2v) is 5.83. The van der Waals surface area contributed by atoms with E-state index in [0.717, 1.165) is 37.2 Å². The number of hydrogen-bond donors (Lipinski definition) is 1. The van der Waals surface area contributed by atoms with Gasteiger partial charge in [-0.3, -0.25) is 4.90 Å². The van der Waals surface area contributed by atoms with E-state index >= 15 is 0 Å². The standard InChI is InChI=1S/C14H22BrN3/c1-12-11-18(9-8-17(12)7-6-16-2)14-5-3-4-13(15)10-14/h3-5,10,12,16H,6-9,11H2,1-2H3. The Hall–Kier alpha value is -0.580. The zero-order valence-electron chi connectivity index (χ0n) is 11.2. The van der Waals surface area contributed by atoms with Crippen molar-refractivity contribution < 1.29 is 0 Å². The minimum absolute atomic E-state index is 0.617. The highest BCUT2D eigenvalue weighted by Crippen LogP contribution is 2.22. The Morgan fingerprint density at radius 3 is 2.89 bits per heavy atom. The van der Waals surface area contributed by atoms with Gasteiger partial charge in [0.15, 0.2) is 0 Å². The number of piperazine rings is 1. The van der Waals surface area contributed by atoms with Gasteiger partial charge in [0.05, 0.1) is 0 Å². The predicted octanol–water partition coefficient (Wildman–Crippen LogP) is 2.18. The fraction of sp³-hybridized carbons (Fsp3) is 0.571. The number of rotatable bonds is 4. The molecule has 1 aliphatic rings. The largest absolute Gasteiger partial charge is 0.369 e. The minimum Gasteiger partial charge on any atom is -0.369 e. The Labute approximate surface area is 118 Å². The van der Waals surface area contributed by atoms with Gasteiger partial charge >= 0.3 is 0 Å². The van der Waals surface area contributed by atoms with E-state index in [9.17, 15) is 0 Å². The molecule has 0 aromatic heterocycles. The summed E-state index contributed by atoms with van der Waals surface area (Å²) >= 11 is 3.54. The number of hydrogen-bond acceptors (Lipinski definition) is 3. The lowest BCUT2D eigenvalue weighted by molar-refractivity contribution is 0.191. The molecule has 1 aromatic carbocycles. The van der Waals surface area contributed by atoms with Crippen LogP contribution in [0.15, 0.2) is 28.7 Å². The smallest absolute Gasteiger partial charge is 0.0378 e. The van der Waals surface area contributed by atoms with Gasteiger partial charge in [-0.15, -0.1) is 0 Å². The molecule has 1 fully saturated rings. The Kier molecular flexibility index (Phi) is 5.03. The summed E-state index contributed by atoms with van der Waals surface area (Å²) in [6.07, 6.45) is 0. The van der Waals surface area contributed by atoms with Crippen molar-refractivity contribution >= 4 is 21.6 Å². The van der Waals surface area contributed by atoms with Crippen LogP contribution >= 0.6 is 15.9 Å². The fourth-order valence-corrected chi connectivity index (χ4v) is 2.88. The average Bonchev–Trinajstić information content (AvgIpc) is 2.37. The predicted molar refractivity (Wildman–Crippen MR) is 81.3 cm³/mol. The molecule has 0 bridgehead atoms. The van der Waals surface area contributed by atoms with Crippen molar-refractivity contribution in [2.24, 2.45) is 0 Å². The summed E-state index contributed by atoms with van der Waals surface area (Å²) in [5, 5.41) is 3.22. The molecule has 0 spiro atoms. The molecule has 1 aliphatic heterocycles. The SMILES string of the molecule is CNCCN1CCN(c2cccc(Br)c2)CC1C. The van der Waals surface area contributed by atoms with Crippen LogP contribution in [0.5, 0.6) is 0 Å². The van der Waals surface area contributed by atoms with E-state index in [1.165, 1.54) is 5.69 Å². The van der Waals surface area contributed by atoms with Crippen molar-refractivity contribution in [1.82, 2.24) is 10.2 Å². The van der Waals surface area contributed by atoms with Gasteiger partial charge in [-0.1, -0.05) is 22.0 Å². The van der Waals surface area contributed by atoms with Gasteiger partial charge in [0.25, 0.3) is 0 Å². The molecule has 1 saturated heterocycles. The number of nitrogens with zero attached hydrogens (tertiary/aromatic N) is 2. The highest BCUT2D eigenvalue weighted by Gasteiger charge is 2.23. The summed E-state index contributed by atoms with van der Waals surface area (Å²) in [6.45, 7) is 7.91. The molecule has 4 heteroatoms. The van der Waals surface area contributed by atoms with E-state index in [1.807, 2.05) is 7.05 Å². The maximum atomic E-state index is 3.54. The first-order valence-electron chi connectivity index (χ1n) is 6.60. The zero-order chi connectivity index (χ0) is 13.0. The first kappa shape index (κ1) is 13.8. The summed E-state index contributed by atoms with van der Waals surface area (Å²) in [5.41, 5.74) is 1.32. The van der Waals surface area contributed by atoms with Gasteiger partial charge in [-0.2, -0.15) is 0 Å². The lowest BCUT2D eigenvalue weighted by atomic mass is 10.1. The number of halogens is 1. The first-order valence-corrected chi connectivity index (χ1v) is 7.39. The topological polar surface area (TPSA) is 18.5 Å².